The normalized spacial score (nSPS) is 18.6. The zero-order chi connectivity index (χ0) is 12.8. The number of ether oxygens (including phenoxy) is 2. The fraction of sp³-hybridized carbons (Fsp3) is 0.500. The van der Waals surface area contributed by atoms with Crippen LogP contribution in [0, 0.1) is 0 Å². The highest BCUT2D eigenvalue weighted by molar-refractivity contribution is 7.80. The van der Waals surface area contributed by atoms with E-state index in [1.807, 2.05) is 31.2 Å². The van der Waals surface area contributed by atoms with E-state index in [9.17, 15) is 0 Å². The van der Waals surface area contributed by atoms with Crippen molar-refractivity contribution in [3.8, 4) is 5.75 Å². The van der Waals surface area contributed by atoms with Crippen molar-refractivity contribution in [3.05, 3.63) is 29.8 Å². The first-order valence-corrected chi connectivity index (χ1v) is 6.83. The molecule has 0 bridgehead atoms. The number of rotatable bonds is 5. The van der Waals surface area contributed by atoms with Gasteiger partial charge in [-0.3, -0.25) is 0 Å². The Morgan fingerprint density at radius 1 is 1.50 bits per heavy atom. The molecule has 2 rings (SSSR count). The molecule has 1 aromatic rings. The number of para-hydroxylation sites is 1. The molecule has 1 atom stereocenters. The molecule has 1 saturated heterocycles. The van der Waals surface area contributed by atoms with Crippen LogP contribution in [-0.2, 0) is 4.74 Å². The maximum absolute atomic E-state index is 5.57. The van der Waals surface area contributed by atoms with Gasteiger partial charge >= 0.3 is 0 Å². The van der Waals surface area contributed by atoms with Crippen LogP contribution in [0.1, 0.15) is 25.3 Å². The molecule has 3 nitrogen and oxygen atoms in total. The van der Waals surface area contributed by atoms with E-state index in [-0.39, 0.29) is 0 Å². The predicted molar refractivity (Wildman–Crippen MR) is 76.3 cm³/mol. The highest BCUT2D eigenvalue weighted by Gasteiger charge is 2.16. The summed E-state index contributed by atoms with van der Waals surface area (Å²) in [7, 11) is 0. The summed E-state index contributed by atoms with van der Waals surface area (Å²) in [6.07, 6.45) is 2.55. The Bertz CT molecular complexity index is 403. The topological polar surface area (TPSA) is 30.5 Å². The van der Waals surface area contributed by atoms with E-state index in [4.69, 9.17) is 21.7 Å². The third-order valence-electron chi connectivity index (χ3n) is 2.95. The second-order valence-electron chi connectivity index (χ2n) is 4.27. The Labute approximate surface area is 113 Å². The molecule has 0 radical (unpaired) electrons. The number of thiocarbonyl (C=S) groups is 1. The minimum Gasteiger partial charge on any atom is -0.493 e. The predicted octanol–water partition coefficient (Wildman–Crippen LogP) is 2.53. The first kappa shape index (κ1) is 13.3. The van der Waals surface area contributed by atoms with Gasteiger partial charge in [0.1, 0.15) is 10.7 Å². The summed E-state index contributed by atoms with van der Waals surface area (Å²) < 4.78 is 11.1. The van der Waals surface area contributed by atoms with E-state index in [0.29, 0.717) is 12.7 Å². The summed E-state index contributed by atoms with van der Waals surface area (Å²) in [5.74, 6) is 0.838. The maximum atomic E-state index is 5.57. The molecule has 0 spiro atoms. The van der Waals surface area contributed by atoms with E-state index in [0.717, 1.165) is 42.3 Å². The standard InChI is InChI=1S/C14H19NO2S/c1-2-16-13-8-4-3-7-12(13)14(18)15-10-11-6-5-9-17-11/h3-4,7-8,11H,2,5-6,9-10H2,1H3,(H,15,18)/t11-/m0/s1. The lowest BCUT2D eigenvalue weighted by Gasteiger charge is -2.15. The quantitative estimate of drug-likeness (QED) is 0.829. The van der Waals surface area contributed by atoms with Gasteiger partial charge in [0.25, 0.3) is 0 Å². The first-order chi connectivity index (χ1) is 8.81. The van der Waals surface area contributed by atoms with E-state index in [2.05, 4.69) is 5.32 Å². The third-order valence-corrected chi connectivity index (χ3v) is 3.31. The Morgan fingerprint density at radius 3 is 3.06 bits per heavy atom. The lowest BCUT2D eigenvalue weighted by Crippen LogP contribution is -2.31. The summed E-state index contributed by atoms with van der Waals surface area (Å²) in [6.45, 7) is 4.26. The van der Waals surface area contributed by atoms with E-state index < -0.39 is 0 Å². The summed E-state index contributed by atoms with van der Waals surface area (Å²) in [5, 5.41) is 3.27. The van der Waals surface area contributed by atoms with Crippen molar-refractivity contribution in [2.45, 2.75) is 25.9 Å². The molecule has 0 unspecified atom stereocenters. The van der Waals surface area contributed by atoms with Crippen LogP contribution in [0.25, 0.3) is 0 Å². The van der Waals surface area contributed by atoms with Crippen LogP contribution in [-0.4, -0.2) is 30.9 Å². The fourth-order valence-electron chi connectivity index (χ4n) is 2.04. The molecule has 98 valence electrons. The van der Waals surface area contributed by atoms with E-state index in [1.165, 1.54) is 0 Å². The van der Waals surface area contributed by atoms with Crippen LogP contribution in [0.4, 0.5) is 0 Å². The summed E-state index contributed by atoms with van der Waals surface area (Å²) in [4.78, 5) is 0.731. The van der Waals surface area contributed by atoms with Gasteiger partial charge in [0.05, 0.1) is 18.3 Å². The molecular weight excluding hydrogens is 246 g/mol. The number of benzene rings is 1. The SMILES string of the molecule is CCOc1ccccc1C(=S)NC[C@@H]1CCCO1. The zero-order valence-electron chi connectivity index (χ0n) is 10.6. The summed E-state index contributed by atoms with van der Waals surface area (Å²) in [5.41, 5.74) is 0.951. The Morgan fingerprint density at radius 2 is 2.33 bits per heavy atom. The third kappa shape index (κ3) is 3.43. The van der Waals surface area contributed by atoms with Crippen molar-refractivity contribution in [1.82, 2.24) is 5.32 Å². The Hall–Kier alpha value is -1.13. The molecule has 1 N–H and O–H groups in total. The van der Waals surface area contributed by atoms with Crippen molar-refractivity contribution in [2.24, 2.45) is 0 Å². The van der Waals surface area contributed by atoms with Crippen LogP contribution >= 0.6 is 12.2 Å². The van der Waals surface area contributed by atoms with Crippen molar-refractivity contribution in [1.29, 1.82) is 0 Å². The minimum absolute atomic E-state index is 0.294. The van der Waals surface area contributed by atoms with Crippen LogP contribution in [0.5, 0.6) is 5.75 Å². The van der Waals surface area contributed by atoms with Crippen LogP contribution in [0.2, 0.25) is 0 Å². The van der Waals surface area contributed by atoms with Gasteiger partial charge in [-0.05, 0) is 31.9 Å². The van der Waals surface area contributed by atoms with E-state index in [1.54, 1.807) is 0 Å². The summed E-state index contributed by atoms with van der Waals surface area (Å²) in [6, 6.07) is 7.85. The number of nitrogens with one attached hydrogen (secondary N) is 1. The number of hydrogen-bond acceptors (Lipinski definition) is 3. The van der Waals surface area contributed by atoms with Gasteiger partial charge in [-0.1, -0.05) is 24.4 Å². The first-order valence-electron chi connectivity index (χ1n) is 6.43. The minimum atomic E-state index is 0.294. The van der Waals surface area contributed by atoms with Gasteiger partial charge in [-0.2, -0.15) is 0 Å². The molecule has 1 fully saturated rings. The molecule has 1 aromatic carbocycles. The Balaban J connectivity index is 1.94. The maximum Gasteiger partial charge on any atom is 0.129 e. The molecule has 0 amide bonds. The average Bonchev–Trinajstić information content (AvgIpc) is 2.90. The average molecular weight is 265 g/mol. The van der Waals surface area contributed by atoms with Gasteiger partial charge < -0.3 is 14.8 Å². The summed E-state index contributed by atoms with van der Waals surface area (Å²) >= 11 is 5.41. The second-order valence-corrected chi connectivity index (χ2v) is 4.68. The van der Waals surface area contributed by atoms with Crippen molar-refractivity contribution in [2.75, 3.05) is 19.8 Å². The van der Waals surface area contributed by atoms with Crippen LogP contribution in [0.15, 0.2) is 24.3 Å². The molecule has 0 aliphatic carbocycles. The fourth-order valence-corrected chi connectivity index (χ4v) is 2.29. The highest BCUT2D eigenvalue weighted by atomic mass is 32.1. The van der Waals surface area contributed by atoms with Gasteiger partial charge in [0, 0.05) is 13.2 Å². The Kier molecular flexibility index (Phi) is 4.96. The second kappa shape index (κ2) is 6.71. The largest absolute Gasteiger partial charge is 0.493 e. The molecule has 1 aliphatic heterocycles. The zero-order valence-corrected chi connectivity index (χ0v) is 11.5. The lowest BCUT2D eigenvalue weighted by molar-refractivity contribution is 0.114. The number of hydrogen-bond donors (Lipinski definition) is 1. The molecule has 0 aromatic heterocycles. The molecule has 4 heteroatoms. The van der Waals surface area contributed by atoms with E-state index >= 15 is 0 Å². The lowest BCUT2D eigenvalue weighted by atomic mass is 10.2. The smallest absolute Gasteiger partial charge is 0.129 e. The molecule has 18 heavy (non-hydrogen) atoms. The van der Waals surface area contributed by atoms with Crippen LogP contribution in [0.3, 0.4) is 0 Å². The van der Waals surface area contributed by atoms with Crippen molar-refractivity contribution in [3.63, 3.8) is 0 Å². The van der Waals surface area contributed by atoms with Gasteiger partial charge in [-0.15, -0.1) is 0 Å². The highest BCUT2D eigenvalue weighted by Crippen LogP contribution is 2.18. The van der Waals surface area contributed by atoms with Gasteiger partial charge in [-0.25, -0.2) is 0 Å². The monoisotopic (exact) mass is 265 g/mol. The molecule has 1 heterocycles. The van der Waals surface area contributed by atoms with Crippen molar-refractivity contribution >= 4 is 17.2 Å². The van der Waals surface area contributed by atoms with Crippen LogP contribution < -0.4 is 10.1 Å². The van der Waals surface area contributed by atoms with Gasteiger partial charge in [0.15, 0.2) is 0 Å². The molecule has 1 aliphatic rings. The molecule has 0 saturated carbocycles. The molecular formula is C14H19NO2S. The van der Waals surface area contributed by atoms with Gasteiger partial charge in [0.2, 0.25) is 0 Å². The van der Waals surface area contributed by atoms with Crippen molar-refractivity contribution < 1.29 is 9.47 Å².